The molecule has 0 saturated carbocycles. The van der Waals surface area contributed by atoms with Crippen molar-refractivity contribution in [3.8, 4) is 0 Å². The van der Waals surface area contributed by atoms with Crippen LogP contribution in [0.3, 0.4) is 0 Å². The number of carbonyl (C=O) groups excluding carboxylic acids is 3. The van der Waals surface area contributed by atoms with Crippen LogP contribution in [0.25, 0.3) is 0 Å². The van der Waals surface area contributed by atoms with Crippen LogP contribution in [0.15, 0.2) is 54.6 Å². The van der Waals surface area contributed by atoms with Crippen molar-refractivity contribution in [1.82, 2.24) is 21.3 Å². The Kier molecular flexibility index (Phi) is 11.1. The highest BCUT2D eigenvalue weighted by Crippen LogP contribution is 2.08. The van der Waals surface area contributed by atoms with Gasteiger partial charge in [-0.15, -0.1) is 0 Å². The summed E-state index contributed by atoms with van der Waals surface area (Å²) < 4.78 is 0. The maximum Gasteiger partial charge on any atom is 0.335 e. The van der Waals surface area contributed by atoms with Crippen molar-refractivity contribution < 1.29 is 24.3 Å². The second-order valence-electron chi connectivity index (χ2n) is 9.00. The van der Waals surface area contributed by atoms with E-state index in [9.17, 15) is 24.3 Å². The minimum Gasteiger partial charge on any atom is -0.478 e. The third kappa shape index (κ3) is 8.81. The van der Waals surface area contributed by atoms with Gasteiger partial charge in [-0.3, -0.25) is 14.4 Å². The summed E-state index contributed by atoms with van der Waals surface area (Å²) in [4.78, 5) is 49.3. The lowest BCUT2D eigenvalue weighted by molar-refractivity contribution is -0.130. The van der Waals surface area contributed by atoms with E-state index in [1.54, 1.807) is 13.0 Å². The van der Waals surface area contributed by atoms with E-state index < -0.39 is 24.0 Å². The Bertz CT molecular complexity index is 1040. The zero-order chi connectivity index (χ0) is 26.7. The Labute approximate surface area is 212 Å². The number of nitrogens with one attached hydrogen (secondary N) is 4. The molecule has 0 aliphatic carbocycles. The Morgan fingerprint density at radius 2 is 1.53 bits per heavy atom. The third-order valence-electron chi connectivity index (χ3n) is 5.69. The molecule has 0 heterocycles. The predicted molar refractivity (Wildman–Crippen MR) is 138 cm³/mol. The van der Waals surface area contributed by atoms with Gasteiger partial charge in [-0.2, -0.15) is 0 Å². The van der Waals surface area contributed by atoms with Crippen LogP contribution in [-0.4, -0.2) is 60.0 Å². The van der Waals surface area contributed by atoms with E-state index in [1.165, 1.54) is 18.2 Å². The van der Waals surface area contributed by atoms with Crippen molar-refractivity contribution in [3.05, 3.63) is 71.3 Å². The first-order chi connectivity index (χ1) is 17.1. The van der Waals surface area contributed by atoms with Crippen molar-refractivity contribution in [2.45, 2.75) is 52.2 Å². The van der Waals surface area contributed by atoms with Gasteiger partial charge in [0.1, 0.15) is 6.04 Å². The van der Waals surface area contributed by atoms with Gasteiger partial charge < -0.3 is 26.4 Å². The molecule has 0 saturated heterocycles. The maximum absolute atomic E-state index is 12.9. The summed E-state index contributed by atoms with van der Waals surface area (Å²) in [6.45, 7) is 8.00. The van der Waals surface area contributed by atoms with Crippen LogP contribution in [0.2, 0.25) is 0 Å². The normalized spacial score (nSPS) is 13.4. The monoisotopic (exact) mass is 496 g/mol. The molecule has 0 aliphatic rings. The molecule has 36 heavy (non-hydrogen) atoms. The SMILES string of the molecule is CCNC(=O)[C@@H](NC(=O)C(C)NC[C@H](Cc1ccccc1)NC(=O)c1cccc(C(=O)O)c1)C(C)C. The van der Waals surface area contributed by atoms with E-state index >= 15 is 0 Å². The van der Waals surface area contributed by atoms with Crippen LogP contribution in [0.1, 0.15) is 54.0 Å². The molecule has 0 bridgehead atoms. The zero-order valence-corrected chi connectivity index (χ0v) is 21.2. The molecule has 9 nitrogen and oxygen atoms in total. The van der Waals surface area contributed by atoms with Gasteiger partial charge in [0, 0.05) is 24.7 Å². The highest BCUT2D eigenvalue weighted by Gasteiger charge is 2.26. The quantitative estimate of drug-likeness (QED) is 0.288. The molecule has 2 aromatic carbocycles. The van der Waals surface area contributed by atoms with Gasteiger partial charge in [-0.05, 0) is 49.9 Å². The van der Waals surface area contributed by atoms with E-state index in [2.05, 4.69) is 21.3 Å². The third-order valence-corrected chi connectivity index (χ3v) is 5.69. The van der Waals surface area contributed by atoms with E-state index in [-0.39, 0.29) is 41.4 Å². The molecular formula is C27H36N4O5. The fourth-order valence-electron chi connectivity index (χ4n) is 3.64. The van der Waals surface area contributed by atoms with Crippen molar-refractivity contribution in [2.75, 3.05) is 13.1 Å². The van der Waals surface area contributed by atoms with Gasteiger partial charge >= 0.3 is 5.97 Å². The molecule has 0 spiro atoms. The number of carboxylic acids is 1. The number of carbonyl (C=O) groups is 4. The summed E-state index contributed by atoms with van der Waals surface area (Å²) in [5, 5.41) is 20.9. The molecule has 2 rings (SSSR count). The molecule has 9 heteroatoms. The molecule has 0 aliphatic heterocycles. The van der Waals surface area contributed by atoms with E-state index in [0.29, 0.717) is 13.0 Å². The molecule has 0 radical (unpaired) electrons. The van der Waals surface area contributed by atoms with E-state index in [0.717, 1.165) is 5.56 Å². The van der Waals surface area contributed by atoms with Gasteiger partial charge in [-0.25, -0.2) is 4.79 Å². The lowest BCUT2D eigenvalue weighted by atomic mass is 10.0. The fraction of sp³-hybridized carbons (Fsp3) is 0.407. The van der Waals surface area contributed by atoms with Crippen LogP contribution < -0.4 is 21.3 Å². The standard InChI is InChI=1S/C27H36N4O5/c1-5-28-26(34)23(17(2)3)31-24(32)18(4)29-16-22(14-19-10-7-6-8-11-19)30-25(33)20-12-9-13-21(15-20)27(35)36/h6-13,15,17-18,22-23,29H,5,14,16H2,1-4H3,(H,28,34)(H,30,33)(H,31,32)(H,35,36)/t18?,22-,23-/m0/s1. The van der Waals surface area contributed by atoms with E-state index in [1.807, 2.05) is 51.1 Å². The number of carboxylic acid groups (broad SMARTS) is 1. The Morgan fingerprint density at radius 3 is 2.14 bits per heavy atom. The number of likely N-dealkylation sites (N-methyl/N-ethyl adjacent to an activating group) is 1. The van der Waals surface area contributed by atoms with Gasteiger partial charge in [0.05, 0.1) is 11.6 Å². The number of benzene rings is 2. The Balaban J connectivity index is 2.08. The number of amides is 3. The highest BCUT2D eigenvalue weighted by atomic mass is 16.4. The van der Waals surface area contributed by atoms with Crippen molar-refractivity contribution in [3.63, 3.8) is 0 Å². The average Bonchev–Trinajstić information content (AvgIpc) is 2.85. The predicted octanol–water partition coefficient (Wildman–Crippen LogP) is 1.98. The summed E-state index contributed by atoms with van der Waals surface area (Å²) in [5.74, 6) is -2.16. The molecule has 194 valence electrons. The van der Waals surface area contributed by atoms with Gasteiger partial charge in [0.25, 0.3) is 5.91 Å². The number of hydrogen-bond donors (Lipinski definition) is 5. The smallest absolute Gasteiger partial charge is 0.335 e. The van der Waals surface area contributed by atoms with E-state index in [4.69, 9.17) is 0 Å². The van der Waals surface area contributed by atoms with Gasteiger partial charge in [0.15, 0.2) is 0 Å². The average molecular weight is 497 g/mol. The topological polar surface area (TPSA) is 137 Å². The second-order valence-corrected chi connectivity index (χ2v) is 9.00. The number of rotatable bonds is 13. The summed E-state index contributed by atoms with van der Waals surface area (Å²) in [6.07, 6.45) is 0.500. The van der Waals surface area contributed by atoms with Gasteiger partial charge in [-0.1, -0.05) is 50.2 Å². The van der Waals surface area contributed by atoms with Crippen molar-refractivity contribution >= 4 is 23.7 Å². The lowest BCUT2D eigenvalue weighted by Crippen LogP contribution is -2.55. The second kappa shape index (κ2) is 14.0. The van der Waals surface area contributed by atoms with Crippen molar-refractivity contribution in [1.29, 1.82) is 0 Å². The summed E-state index contributed by atoms with van der Waals surface area (Å²) in [5.41, 5.74) is 1.26. The first kappa shape index (κ1) is 28.5. The zero-order valence-electron chi connectivity index (χ0n) is 21.2. The Hall–Kier alpha value is -3.72. The van der Waals surface area contributed by atoms with Crippen LogP contribution in [0.4, 0.5) is 0 Å². The maximum atomic E-state index is 12.9. The number of aromatic carboxylic acids is 1. The summed E-state index contributed by atoms with van der Waals surface area (Å²) >= 11 is 0. The molecule has 2 aromatic rings. The number of hydrogen-bond acceptors (Lipinski definition) is 5. The minimum absolute atomic E-state index is 0.0255. The largest absolute Gasteiger partial charge is 0.478 e. The summed E-state index contributed by atoms with van der Waals surface area (Å²) in [7, 11) is 0. The van der Waals surface area contributed by atoms with Crippen LogP contribution in [0, 0.1) is 5.92 Å². The first-order valence-electron chi connectivity index (χ1n) is 12.1. The van der Waals surface area contributed by atoms with Crippen LogP contribution >= 0.6 is 0 Å². The molecule has 1 unspecified atom stereocenters. The Morgan fingerprint density at radius 1 is 0.861 bits per heavy atom. The molecule has 0 fully saturated rings. The van der Waals surface area contributed by atoms with Crippen LogP contribution in [-0.2, 0) is 16.0 Å². The minimum atomic E-state index is -1.11. The first-order valence-corrected chi connectivity index (χ1v) is 12.1. The molecule has 3 atom stereocenters. The highest BCUT2D eigenvalue weighted by molar-refractivity contribution is 5.97. The summed E-state index contributed by atoms with van der Waals surface area (Å²) in [6, 6.07) is 13.8. The lowest BCUT2D eigenvalue weighted by Gasteiger charge is -2.25. The molecule has 5 N–H and O–H groups in total. The molecular weight excluding hydrogens is 460 g/mol. The van der Waals surface area contributed by atoms with Crippen molar-refractivity contribution in [2.24, 2.45) is 5.92 Å². The molecule has 3 amide bonds. The van der Waals surface area contributed by atoms with Gasteiger partial charge in [0.2, 0.25) is 11.8 Å². The van der Waals surface area contributed by atoms with Crippen LogP contribution in [0.5, 0.6) is 0 Å². The molecule has 0 aromatic heterocycles. The fourth-order valence-corrected chi connectivity index (χ4v) is 3.64.